The van der Waals surface area contributed by atoms with Gasteiger partial charge in [-0.15, -0.1) is 10.2 Å². The number of hydrogen-bond donors (Lipinski definition) is 2. The van der Waals surface area contributed by atoms with Crippen LogP contribution >= 0.6 is 0 Å². The van der Waals surface area contributed by atoms with Gasteiger partial charge in [0.25, 0.3) is 5.91 Å². The van der Waals surface area contributed by atoms with E-state index in [1.54, 1.807) is 12.1 Å². The van der Waals surface area contributed by atoms with Crippen molar-refractivity contribution in [2.24, 2.45) is 0 Å². The van der Waals surface area contributed by atoms with Crippen LogP contribution in [0.4, 0.5) is 5.69 Å². The average molecular weight is 282 g/mol. The van der Waals surface area contributed by atoms with E-state index in [-0.39, 0.29) is 11.6 Å². The number of nitrogens with one attached hydrogen (secondary N) is 1. The summed E-state index contributed by atoms with van der Waals surface area (Å²) in [6, 6.07) is 9.03. The molecule has 0 bridgehead atoms. The first-order valence-electron chi connectivity index (χ1n) is 6.53. The zero-order valence-electron chi connectivity index (χ0n) is 11.2. The highest BCUT2D eigenvalue weighted by molar-refractivity contribution is 5.96. The Bertz CT molecular complexity index is 782. The van der Waals surface area contributed by atoms with E-state index < -0.39 is 0 Å². The largest absolute Gasteiger partial charge is 0.397 e. The van der Waals surface area contributed by atoms with Gasteiger partial charge >= 0.3 is 0 Å². The maximum Gasteiger partial charge on any atom is 0.272 e. The third-order valence-corrected chi connectivity index (χ3v) is 3.07. The maximum atomic E-state index is 12.0. The Kier molecular flexibility index (Phi) is 3.46. The van der Waals surface area contributed by atoms with Crippen molar-refractivity contribution in [1.29, 1.82) is 0 Å². The lowest BCUT2D eigenvalue weighted by Gasteiger charge is -2.05. The molecular formula is C14H14N6O. The van der Waals surface area contributed by atoms with Crippen molar-refractivity contribution in [1.82, 2.24) is 24.9 Å². The number of fused-ring (bicyclic) bond motifs is 1. The lowest BCUT2D eigenvalue weighted by Crippen LogP contribution is -2.27. The van der Waals surface area contributed by atoms with Gasteiger partial charge in [0.2, 0.25) is 0 Å². The number of hydrogen-bond acceptors (Lipinski definition) is 5. The molecule has 3 heterocycles. The molecule has 3 aromatic rings. The van der Waals surface area contributed by atoms with Crippen LogP contribution in [-0.4, -0.2) is 32.0 Å². The van der Waals surface area contributed by atoms with Crippen LogP contribution in [0.25, 0.3) is 5.65 Å². The summed E-state index contributed by atoms with van der Waals surface area (Å²) in [5.74, 6) is 0.502. The summed E-state index contributed by atoms with van der Waals surface area (Å²) in [5.41, 5.74) is 7.10. The predicted molar refractivity (Wildman–Crippen MR) is 77.7 cm³/mol. The van der Waals surface area contributed by atoms with Gasteiger partial charge in [0.1, 0.15) is 5.82 Å². The average Bonchev–Trinajstić information content (AvgIpc) is 2.91. The molecule has 0 saturated carbocycles. The smallest absolute Gasteiger partial charge is 0.272 e. The molecule has 0 fully saturated rings. The van der Waals surface area contributed by atoms with Crippen LogP contribution in [0.15, 0.2) is 42.7 Å². The number of pyridine rings is 2. The molecule has 0 aliphatic rings. The topological polar surface area (TPSA) is 98.2 Å². The fourth-order valence-corrected chi connectivity index (χ4v) is 2.04. The highest BCUT2D eigenvalue weighted by atomic mass is 16.1. The fourth-order valence-electron chi connectivity index (χ4n) is 2.04. The molecule has 0 spiro atoms. The minimum atomic E-state index is -0.290. The first-order chi connectivity index (χ1) is 10.3. The number of amides is 1. The van der Waals surface area contributed by atoms with Gasteiger partial charge in [-0.25, -0.2) is 4.98 Å². The Morgan fingerprint density at radius 2 is 2.14 bits per heavy atom. The Hall–Kier alpha value is -2.96. The van der Waals surface area contributed by atoms with Crippen LogP contribution in [0.2, 0.25) is 0 Å². The molecule has 106 valence electrons. The second-order valence-corrected chi connectivity index (χ2v) is 4.49. The van der Waals surface area contributed by atoms with Gasteiger partial charge in [-0.2, -0.15) is 0 Å². The first-order valence-corrected chi connectivity index (χ1v) is 6.53. The molecule has 3 rings (SSSR count). The van der Waals surface area contributed by atoms with Crippen molar-refractivity contribution in [2.75, 3.05) is 12.3 Å². The molecule has 0 unspecified atom stereocenters. The minimum absolute atomic E-state index is 0.239. The Morgan fingerprint density at radius 3 is 3.00 bits per heavy atom. The van der Waals surface area contributed by atoms with Gasteiger partial charge in [0.15, 0.2) is 11.3 Å². The lowest BCUT2D eigenvalue weighted by atomic mass is 10.3. The Balaban J connectivity index is 1.64. The second kappa shape index (κ2) is 5.58. The molecule has 21 heavy (non-hydrogen) atoms. The van der Waals surface area contributed by atoms with E-state index in [0.29, 0.717) is 18.7 Å². The summed E-state index contributed by atoms with van der Waals surface area (Å²) in [6.07, 6.45) is 4.00. The molecule has 0 aromatic carbocycles. The summed E-state index contributed by atoms with van der Waals surface area (Å²) in [7, 11) is 0. The number of anilines is 1. The van der Waals surface area contributed by atoms with Gasteiger partial charge in [-0.05, 0) is 24.3 Å². The molecule has 0 atom stereocenters. The quantitative estimate of drug-likeness (QED) is 0.733. The van der Waals surface area contributed by atoms with E-state index in [1.165, 1.54) is 6.20 Å². The van der Waals surface area contributed by atoms with E-state index in [0.717, 1.165) is 11.5 Å². The molecule has 7 nitrogen and oxygen atoms in total. The molecule has 0 aliphatic heterocycles. The van der Waals surface area contributed by atoms with Crippen LogP contribution in [0.1, 0.15) is 16.3 Å². The highest BCUT2D eigenvalue weighted by Gasteiger charge is 2.11. The molecule has 1 amide bonds. The van der Waals surface area contributed by atoms with Crippen molar-refractivity contribution in [2.45, 2.75) is 6.42 Å². The van der Waals surface area contributed by atoms with Crippen molar-refractivity contribution in [3.63, 3.8) is 0 Å². The molecule has 3 aromatic heterocycles. The van der Waals surface area contributed by atoms with Crippen molar-refractivity contribution in [3.05, 3.63) is 54.2 Å². The summed E-state index contributed by atoms with van der Waals surface area (Å²) >= 11 is 0. The third kappa shape index (κ3) is 2.66. The van der Waals surface area contributed by atoms with Crippen molar-refractivity contribution < 1.29 is 4.79 Å². The molecular weight excluding hydrogens is 268 g/mol. The number of carbonyl (C=O) groups is 1. The number of nitrogens with two attached hydrogens (primary N) is 1. The predicted octanol–water partition coefficient (Wildman–Crippen LogP) is 0.679. The lowest BCUT2D eigenvalue weighted by molar-refractivity contribution is 0.0950. The van der Waals surface area contributed by atoms with E-state index in [9.17, 15) is 4.79 Å². The van der Waals surface area contributed by atoms with E-state index in [2.05, 4.69) is 20.5 Å². The zero-order chi connectivity index (χ0) is 14.7. The van der Waals surface area contributed by atoms with Crippen LogP contribution < -0.4 is 11.1 Å². The number of nitrogens with zero attached hydrogens (tertiary/aromatic N) is 4. The van der Waals surface area contributed by atoms with Crippen molar-refractivity contribution >= 4 is 17.2 Å². The summed E-state index contributed by atoms with van der Waals surface area (Å²) in [5, 5.41) is 10.9. The first kappa shape index (κ1) is 13.0. The monoisotopic (exact) mass is 282 g/mol. The standard InChI is InChI=1S/C14H14N6O/c15-10-4-3-7-16-13(10)14(21)17-8-6-12-19-18-11-5-1-2-9-20(11)12/h1-5,7,9H,6,8,15H2,(H,17,21). The van der Waals surface area contributed by atoms with Crippen LogP contribution in [0.3, 0.4) is 0 Å². The van der Waals surface area contributed by atoms with Crippen LogP contribution in [0.5, 0.6) is 0 Å². The summed E-state index contributed by atoms with van der Waals surface area (Å²) in [6.45, 7) is 0.435. The van der Waals surface area contributed by atoms with E-state index >= 15 is 0 Å². The fraction of sp³-hybridized carbons (Fsp3) is 0.143. The molecule has 0 aliphatic carbocycles. The zero-order valence-corrected chi connectivity index (χ0v) is 11.2. The highest BCUT2D eigenvalue weighted by Crippen LogP contribution is 2.06. The Labute approximate surface area is 120 Å². The molecule has 7 heteroatoms. The number of nitrogen functional groups attached to an aromatic ring is 1. The number of aromatic nitrogens is 4. The van der Waals surface area contributed by atoms with Gasteiger partial charge in [0.05, 0.1) is 5.69 Å². The van der Waals surface area contributed by atoms with Crippen LogP contribution in [0, 0.1) is 0 Å². The van der Waals surface area contributed by atoms with Gasteiger partial charge in [0, 0.05) is 25.4 Å². The number of rotatable bonds is 4. The second-order valence-electron chi connectivity index (χ2n) is 4.49. The minimum Gasteiger partial charge on any atom is -0.397 e. The SMILES string of the molecule is Nc1cccnc1C(=O)NCCc1nnc2ccccn12. The van der Waals surface area contributed by atoms with Crippen molar-refractivity contribution in [3.8, 4) is 0 Å². The normalized spacial score (nSPS) is 10.7. The third-order valence-electron chi connectivity index (χ3n) is 3.07. The molecule has 0 saturated heterocycles. The summed E-state index contributed by atoms with van der Waals surface area (Å²) < 4.78 is 1.89. The number of carbonyl (C=O) groups excluding carboxylic acids is 1. The van der Waals surface area contributed by atoms with Crippen LogP contribution in [-0.2, 0) is 6.42 Å². The van der Waals surface area contributed by atoms with E-state index in [4.69, 9.17) is 5.73 Å². The van der Waals surface area contributed by atoms with Gasteiger partial charge in [-0.3, -0.25) is 9.20 Å². The molecule has 0 radical (unpaired) electrons. The maximum absolute atomic E-state index is 12.0. The van der Waals surface area contributed by atoms with Gasteiger partial charge < -0.3 is 11.1 Å². The summed E-state index contributed by atoms with van der Waals surface area (Å²) in [4.78, 5) is 15.9. The van der Waals surface area contributed by atoms with Gasteiger partial charge in [-0.1, -0.05) is 6.07 Å². The van der Waals surface area contributed by atoms with E-state index in [1.807, 2.05) is 28.8 Å². The molecule has 3 N–H and O–H groups in total. The Morgan fingerprint density at radius 1 is 1.24 bits per heavy atom.